The number of unbranched alkanes of at least 4 members (excludes halogenated alkanes) is 1. The number of carbonyl (C=O) groups excluding carboxylic acids is 2. The van der Waals surface area contributed by atoms with Gasteiger partial charge in [-0.1, -0.05) is 24.3 Å². The number of aromatic nitrogens is 2. The molecular weight excluding hydrogens is 460 g/mol. The predicted molar refractivity (Wildman–Crippen MR) is 142 cm³/mol. The molecule has 2 aliphatic carbocycles. The van der Waals surface area contributed by atoms with Gasteiger partial charge in [-0.3, -0.25) is 29.4 Å². The van der Waals surface area contributed by atoms with Gasteiger partial charge in [-0.05, 0) is 99.7 Å². The molecule has 3 heterocycles. The first-order valence-electron chi connectivity index (χ1n) is 13.8. The molecule has 0 saturated heterocycles. The molecule has 1 unspecified atom stereocenters. The third-order valence-electron chi connectivity index (χ3n) is 8.16. The normalized spacial score (nSPS) is 18.6. The summed E-state index contributed by atoms with van der Waals surface area (Å²) in [6.45, 7) is 2.13. The lowest BCUT2D eigenvalue weighted by Crippen LogP contribution is -2.34. The summed E-state index contributed by atoms with van der Waals surface area (Å²) in [5, 5.41) is 0. The van der Waals surface area contributed by atoms with Gasteiger partial charge in [-0.2, -0.15) is 0 Å². The van der Waals surface area contributed by atoms with Crippen LogP contribution in [-0.4, -0.2) is 44.7 Å². The van der Waals surface area contributed by atoms with E-state index in [0.29, 0.717) is 17.7 Å². The van der Waals surface area contributed by atoms with Crippen LogP contribution in [0.1, 0.15) is 93.5 Å². The Hall–Kier alpha value is -3.38. The summed E-state index contributed by atoms with van der Waals surface area (Å²) in [5.41, 5.74) is 7.42. The molecule has 2 aromatic heterocycles. The smallest absolute Gasteiger partial charge is 0.261 e. The van der Waals surface area contributed by atoms with Crippen LogP contribution in [-0.2, 0) is 25.8 Å². The number of nitrogens with zero attached hydrogens (tertiary/aromatic N) is 4. The molecule has 1 aromatic carbocycles. The third kappa shape index (κ3) is 4.82. The SMILES string of the molecule is O=C1c2ccccc2C(=O)N1CCCCN(Cc1ccc2c(n1)CCCC2)C1CCCc2cccnc21. The van der Waals surface area contributed by atoms with Gasteiger partial charge in [-0.25, -0.2) is 0 Å². The van der Waals surface area contributed by atoms with Gasteiger partial charge in [0.15, 0.2) is 0 Å². The van der Waals surface area contributed by atoms with E-state index in [1.54, 1.807) is 12.1 Å². The van der Waals surface area contributed by atoms with Gasteiger partial charge in [0.1, 0.15) is 0 Å². The Balaban J connectivity index is 1.16. The lowest BCUT2D eigenvalue weighted by molar-refractivity contribution is 0.0648. The highest BCUT2D eigenvalue weighted by Gasteiger charge is 2.34. The van der Waals surface area contributed by atoms with Gasteiger partial charge in [-0.15, -0.1) is 0 Å². The van der Waals surface area contributed by atoms with Crippen molar-refractivity contribution < 1.29 is 9.59 Å². The molecule has 3 aromatic rings. The van der Waals surface area contributed by atoms with Crippen LogP contribution in [0.3, 0.4) is 0 Å². The molecule has 190 valence electrons. The Morgan fingerprint density at radius 1 is 0.838 bits per heavy atom. The number of hydrogen-bond donors (Lipinski definition) is 0. The van der Waals surface area contributed by atoms with Gasteiger partial charge >= 0.3 is 0 Å². The zero-order valence-electron chi connectivity index (χ0n) is 21.4. The Kier molecular flexibility index (Phi) is 6.83. The highest BCUT2D eigenvalue weighted by atomic mass is 16.2. The Bertz CT molecular complexity index is 1290. The Labute approximate surface area is 218 Å². The van der Waals surface area contributed by atoms with Crippen molar-refractivity contribution in [3.05, 3.63) is 94.1 Å². The molecule has 6 nitrogen and oxygen atoms in total. The number of fused-ring (bicyclic) bond motifs is 3. The molecule has 6 heteroatoms. The van der Waals surface area contributed by atoms with Crippen LogP contribution in [0.5, 0.6) is 0 Å². The molecule has 0 saturated carbocycles. The first-order chi connectivity index (χ1) is 18.2. The van der Waals surface area contributed by atoms with Crippen LogP contribution in [0.15, 0.2) is 54.7 Å². The van der Waals surface area contributed by atoms with Gasteiger partial charge in [0.05, 0.1) is 28.6 Å². The maximum atomic E-state index is 12.8. The quantitative estimate of drug-likeness (QED) is 0.314. The summed E-state index contributed by atoms with van der Waals surface area (Å²) in [4.78, 5) is 39.3. The van der Waals surface area contributed by atoms with Crippen LogP contribution in [0.2, 0.25) is 0 Å². The van der Waals surface area contributed by atoms with Crippen LogP contribution >= 0.6 is 0 Å². The zero-order valence-corrected chi connectivity index (χ0v) is 21.4. The molecule has 0 radical (unpaired) electrons. The maximum absolute atomic E-state index is 12.8. The number of rotatable bonds is 8. The second kappa shape index (κ2) is 10.5. The summed E-state index contributed by atoms with van der Waals surface area (Å²) in [6.07, 6.45) is 11.6. The molecule has 0 N–H and O–H groups in total. The van der Waals surface area contributed by atoms with Gasteiger partial charge in [0.2, 0.25) is 0 Å². The topological polar surface area (TPSA) is 66.4 Å². The first-order valence-corrected chi connectivity index (χ1v) is 13.8. The number of pyridine rings is 2. The first kappa shape index (κ1) is 24.0. The number of amides is 2. The highest BCUT2D eigenvalue weighted by Crippen LogP contribution is 2.34. The molecule has 2 amide bonds. The summed E-state index contributed by atoms with van der Waals surface area (Å²) >= 11 is 0. The third-order valence-corrected chi connectivity index (χ3v) is 8.16. The molecule has 37 heavy (non-hydrogen) atoms. The van der Waals surface area contributed by atoms with Crippen molar-refractivity contribution in [1.29, 1.82) is 0 Å². The second-order valence-corrected chi connectivity index (χ2v) is 10.6. The van der Waals surface area contributed by atoms with Crippen LogP contribution in [0.4, 0.5) is 0 Å². The van der Waals surface area contributed by atoms with E-state index in [2.05, 4.69) is 23.1 Å². The van der Waals surface area contributed by atoms with E-state index in [1.165, 1.54) is 40.3 Å². The minimum absolute atomic E-state index is 0.166. The van der Waals surface area contributed by atoms with Crippen LogP contribution < -0.4 is 0 Å². The largest absolute Gasteiger partial charge is 0.289 e. The van der Waals surface area contributed by atoms with Crippen molar-refractivity contribution in [3.8, 4) is 0 Å². The van der Waals surface area contributed by atoms with Crippen molar-refractivity contribution in [2.75, 3.05) is 13.1 Å². The van der Waals surface area contributed by atoms with Gasteiger partial charge < -0.3 is 0 Å². The number of carbonyl (C=O) groups is 2. The fraction of sp³-hybridized carbons (Fsp3) is 0.419. The van der Waals surface area contributed by atoms with E-state index in [0.717, 1.165) is 63.7 Å². The summed E-state index contributed by atoms with van der Waals surface area (Å²) in [6, 6.07) is 16.1. The van der Waals surface area contributed by atoms with E-state index < -0.39 is 0 Å². The zero-order chi connectivity index (χ0) is 25.2. The standard InChI is InChI=1S/C31H34N4O2/c36-30-25-12-2-3-13-26(25)31(37)35(30)20-6-5-19-34(28-15-7-10-23-11-8-18-32-29(23)28)21-24-17-16-22-9-1-4-14-27(22)33-24/h2-3,8,11-13,16-18,28H,1,4-7,9-10,14-15,19-21H2. The van der Waals surface area contributed by atoms with E-state index in [9.17, 15) is 9.59 Å². The predicted octanol–water partition coefficient (Wildman–Crippen LogP) is 5.31. The molecule has 1 atom stereocenters. The summed E-state index contributed by atoms with van der Waals surface area (Å²) in [7, 11) is 0. The average Bonchev–Trinajstić information content (AvgIpc) is 3.19. The molecule has 3 aliphatic rings. The van der Waals surface area contributed by atoms with Crippen LogP contribution in [0.25, 0.3) is 0 Å². The molecule has 0 spiro atoms. The highest BCUT2D eigenvalue weighted by molar-refractivity contribution is 6.21. The fourth-order valence-corrected chi connectivity index (χ4v) is 6.24. The number of hydrogen-bond acceptors (Lipinski definition) is 5. The molecule has 1 aliphatic heterocycles. The lowest BCUT2D eigenvalue weighted by Gasteiger charge is -2.35. The number of aryl methyl sites for hydroxylation is 3. The Morgan fingerprint density at radius 2 is 1.62 bits per heavy atom. The fourth-order valence-electron chi connectivity index (χ4n) is 6.24. The van der Waals surface area contributed by atoms with Gasteiger partial charge in [0.25, 0.3) is 11.8 Å². The van der Waals surface area contributed by atoms with E-state index in [-0.39, 0.29) is 17.9 Å². The van der Waals surface area contributed by atoms with Gasteiger partial charge in [0, 0.05) is 25.0 Å². The number of benzene rings is 1. The van der Waals surface area contributed by atoms with E-state index >= 15 is 0 Å². The van der Waals surface area contributed by atoms with E-state index in [1.807, 2.05) is 24.4 Å². The minimum Gasteiger partial charge on any atom is -0.289 e. The van der Waals surface area contributed by atoms with Crippen molar-refractivity contribution in [2.45, 2.75) is 70.4 Å². The monoisotopic (exact) mass is 494 g/mol. The molecular formula is C31H34N4O2. The maximum Gasteiger partial charge on any atom is 0.261 e. The van der Waals surface area contributed by atoms with Crippen molar-refractivity contribution in [2.24, 2.45) is 0 Å². The van der Waals surface area contributed by atoms with Crippen LogP contribution in [0, 0.1) is 0 Å². The summed E-state index contributed by atoms with van der Waals surface area (Å²) < 4.78 is 0. The average molecular weight is 495 g/mol. The molecule has 0 bridgehead atoms. The molecule has 0 fully saturated rings. The van der Waals surface area contributed by atoms with Crippen molar-refractivity contribution in [3.63, 3.8) is 0 Å². The summed E-state index contributed by atoms with van der Waals surface area (Å²) in [5.74, 6) is -0.331. The van der Waals surface area contributed by atoms with E-state index in [4.69, 9.17) is 9.97 Å². The second-order valence-electron chi connectivity index (χ2n) is 10.6. The minimum atomic E-state index is -0.166. The lowest BCUT2D eigenvalue weighted by atomic mass is 9.90. The molecule has 6 rings (SSSR count). The van der Waals surface area contributed by atoms with Crippen molar-refractivity contribution in [1.82, 2.24) is 19.8 Å². The van der Waals surface area contributed by atoms with Crippen molar-refractivity contribution >= 4 is 11.8 Å². The number of imide groups is 1. The Morgan fingerprint density at radius 3 is 2.46 bits per heavy atom.